The van der Waals surface area contributed by atoms with E-state index in [-0.39, 0.29) is 17.2 Å². The average Bonchev–Trinajstić information content (AvgIpc) is 2.85. The zero-order valence-electron chi connectivity index (χ0n) is 21.0. The van der Waals surface area contributed by atoms with Crippen LogP contribution < -0.4 is 24.3 Å². The van der Waals surface area contributed by atoms with Gasteiger partial charge in [-0.1, -0.05) is 11.8 Å². The summed E-state index contributed by atoms with van der Waals surface area (Å²) in [6, 6.07) is 11.0. The van der Waals surface area contributed by atoms with E-state index >= 15 is 0 Å². The zero-order chi connectivity index (χ0) is 25.6. The number of hydrogen-bond donors (Lipinski definition) is 1. The molecule has 35 heavy (non-hydrogen) atoms. The predicted molar refractivity (Wildman–Crippen MR) is 136 cm³/mol. The van der Waals surface area contributed by atoms with Crippen molar-refractivity contribution in [2.75, 3.05) is 34.2 Å². The molecule has 0 saturated heterocycles. The number of carbonyl (C=O) groups is 1. The van der Waals surface area contributed by atoms with Gasteiger partial charge >= 0.3 is 0 Å². The van der Waals surface area contributed by atoms with Crippen molar-refractivity contribution in [2.45, 2.75) is 31.5 Å². The summed E-state index contributed by atoms with van der Waals surface area (Å²) in [4.78, 5) is 17.1. The molecule has 0 unspecified atom stereocenters. The monoisotopic (exact) mass is 498 g/mol. The quantitative estimate of drug-likeness (QED) is 0.434. The molecule has 1 N–H and O–H groups in total. The van der Waals surface area contributed by atoms with Crippen LogP contribution in [0.1, 0.15) is 20.8 Å². The molecule has 0 aliphatic heterocycles. The first-order chi connectivity index (χ1) is 16.7. The van der Waals surface area contributed by atoms with Crippen molar-refractivity contribution < 1.29 is 23.7 Å². The number of nitrogens with zero attached hydrogens (tertiary/aromatic N) is 3. The standard InChI is InChI=1S/C25H30N4O5S/c1-25(2,3)27-21(30)14-35-24-26-22(15-8-10-17(31-4)19(12-15)33-6)23(28-29-24)16-9-11-18(32-5)20(13-16)34-7/h8-13H,14H2,1-7H3,(H,27,30). The topological polar surface area (TPSA) is 105 Å². The molecule has 3 rings (SSSR count). The number of carbonyl (C=O) groups excluding carboxylic acids is 1. The van der Waals surface area contributed by atoms with Crippen LogP contribution in [0.25, 0.3) is 22.5 Å². The van der Waals surface area contributed by atoms with Gasteiger partial charge in [0.25, 0.3) is 0 Å². The van der Waals surface area contributed by atoms with Crippen LogP contribution in [0.15, 0.2) is 41.6 Å². The van der Waals surface area contributed by atoms with E-state index < -0.39 is 0 Å². The Bertz CT molecular complexity index is 1200. The van der Waals surface area contributed by atoms with Gasteiger partial charge in [0.2, 0.25) is 11.1 Å². The number of benzene rings is 2. The predicted octanol–water partition coefficient (Wildman–Crippen LogP) is 4.25. The molecule has 3 aromatic rings. The Hall–Kier alpha value is -3.53. The maximum Gasteiger partial charge on any atom is 0.230 e. The lowest BCUT2D eigenvalue weighted by Crippen LogP contribution is -2.41. The molecule has 1 amide bonds. The van der Waals surface area contributed by atoms with E-state index in [9.17, 15) is 4.79 Å². The highest BCUT2D eigenvalue weighted by Crippen LogP contribution is 2.38. The summed E-state index contributed by atoms with van der Waals surface area (Å²) in [5, 5.41) is 12.1. The highest BCUT2D eigenvalue weighted by molar-refractivity contribution is 7.99. The van der Waals surface area contributed by atoms with Gasteiger partial charge in [0, 0.05) is 16.7 Å². The van der Waals surface area contributed by atoms with Crippen LogP contribution in [0.5, 0.6) is 23.0 Å². The fraction of sp³-hybridized carbons (Fsp3) is 0.360. The third-order valence-electron chi connectivity index (χ3n) is 4.83. The van der Waals surface area contributed by atoms with Crippen molar-refractivity contribution in [3.63, 3.8) is 0 Å². The molecule has 0 spiro atoms. The van der Waals surface area contributed by atoms with Crippen molar-refractivity contribution in [3.05, 3.63) is 36.4 Å². The Morgan fingerprint density at radius 2 is 1.31 bits per heavy atom. The van der Waals surface area contributed by atoms with Crippen LogP contribution in [0.4, 0.5) is 0 Å². The fourth-order valence-electron chi connectivity index (χ4n) is 3.32. The molecule has 0 atom stereocenters. The Morgan fingerprint density at radius 1 is 0.800 bits per heavy atom. The van der Waals surface area contributed by atoms with Gasteiger partial charge < -0.3 is 24.3 Å². The Labute approximate surface area is 209 Å². The van der Waals surface area contributed by atoms with E-state index in [1.54, 1.807) is 40.6 Å². The van der Waals surface area contributed by atoms with Gasteiger partial charge in [0.1, 0.15) is 11.4 Å². The van der Waals surface area contributed by atoms with Gasteiger partial charge in [-0.25, -0.2) is 4.98 Å². The second kappa shape index (κ2) is 11.3. The number of hydrogen-bond acceptors (Lipinski definition) is 9. The summed E-state index contributed by atoms with van der Waals surface area (Å²) in [6.45, 7) is 5.79. The van der Waals surface area contributed by atoms with Gasteiger partial charge in [0.05, 0.1) is 34.2 Å². The molecule has 1 heterocycles. The summed E-state index contributed by atoms with van der Waals surface area (Å²) in [6.07, 6.45) is 0. The number of methoxy groups -OCH3 is 4. The molecule has 9 nitrogen and oxygen atoms in total. The molecule has 10 heteroatoms. The van der Waals surface area contributed by atoms with E-state index in [0.717, 1.165) is 11.1 Å². The van der Waals surface area contributed by atoms with Crippen LogP contribution in [0.3, 0.4) is 0 Å². The normalized spacial score (nSPS) is 11.1. The Morgan fingerprint density at radius 3 is 1.80 bits per heavy atom. The van der Waals surface area contributed by atoms with Crippen molar-refractivity contribution >= 4 is 17.7 Å². The summed E-state index contributed by atoms with van der Waals surface area (Å²) in [7, 11) is 6.30. The minimum absolute atomic E-state index is 0.109. The van der Waals surface area contributed by atoms with E-state index in [0.29, 0.717) is 39.5 Å². The minimum Gasteiger partial charge on any atom is -0.493 e. The summed E-state index contributed by atoms with van der Waals surface area (Å²) in [5.74, 6) is 2.37. The molecule has 0 aliphatic rings. The highest BCUT2D eigenvalue weighted by Gasteiger charge is 2.19. The van der Waals surface area contributed by atoms with Gasteiger partial charge in [0.15, 0.2) is 23.0 Å². The van der Waals surface area contributed by atoms with Crippen molar-refractivity contribution in [1.82, 2.24) is 20.5 Å². The van der Waals surface area contributed by atoms with Crippen LogP contribution in [0.2, 0.25) is 0 Å². The molecule has 0 saturated carbocycles. The average molecular weight is 499 g/mol. The summed E-state index contributed by atoms with van der Waals surface area (Å²) < 4.78 is 21.7. The number of aromatic nitrogens is 3. The number of nitrogens with one attached hydrogen (secondary N) is 1. The third kappa shape index (κ3) is 6.54. The smallest absolute Gasteiger partial charge is 0.230 e. The second-order valence-electron chi connectivity index (χ2n) is 8.52. The molecule has 0 radical (unpaired) electrons. The van der Waals surface area contributed by atoms with Crippen molar-refractivity contribution in [2.24, 2.45) is 0 Å². The second-order valence-corrected chi connectivity index (χ2v) is 9.46. The lowest BCUT2D eigenvalue weighted by Gasteiger charge is -2.20. The third-order valence-corrected chi connectivity index (χ3v) is 5.67. The number of thioether (sulfide) groups is 1. The fourth-order valence-corrected chi connectivity index (χ4v) is 3.91. The van der Waals surface area contributed by atoms with Crippen LogP contribution in [-0.2, 0) is 4.79 Å². The summed E-state index contributed by atoms with van der Waals surface area (Å²) in [5.41, 5.74) is 2.30. The van der Waals surface area contributed by atoms with Crippen LogP contribution in [-0.4, -0.2) is 60.8 Å². The van der Waals surface area contributed by atoms with Crippen LogP contribution >= 0.6 is 11.8 Å². The lowest BCUT2D eigenvalue weighted by molar-refractivity contribution is -0.119. The van der Waals surface area contributed by atoms with Gasteiger partial charge in [-0.05, 0) is 57.2 Å². The summed E-state index contributed by atoms with van der Waals surface area (Å²) >= 11 is 1.22. The Kier molecular flexibility index (Phi) is 8.39. The number of ether oxygens (including phenoxy) is 4. The van der Waals surface area contributed by atoms with Gasteiger partial charge in [-0.15, -0.1) is 10.2 Å². The molecule has 0 bridgehead atoms. The van der Waals surface area contributed by atoms with E-state index in [1.165, 1.54) is 11.8 Å². The molecule has 186 valence electrons. The first-order valence-electron chi connectivity index (χ1n) is 10.8. The highest BCUT2D eigenvalue weighted by atomic mass is 32.2. The zero-order valence-corrected chi connectivity index (χ0v) is 21.8. The maximum absolute atomic E-state index is 12.3. The van der Waals surface area contributed by atoms with Crippen molar-refractivity contribution in [1.29, 1.82) is 0 Å². The Balaban J connectivity index is 2.06. The minimum atomic E-state index is -0.321. The molecule has 0 fully saturated rings. The van der Waals surface area contributed by atoms with E-state index in [1.807, 2.05) is 45.0 Å². The number of amides is 1. The molecular formula is C25H30N4O5S. The number of rotatable bonds is 9. The largest absolute Gasteiger partial charge is 0.493 e. The van der Waals surface area contributed by atoms with E-state index in [4.69, 9.17) is 23.9 Å². The van der Waals surface area contributed by atoms with Gasteiger partial charge in [-0.3, -0.25) is 4.79 Å². The maximum atomic E-state index is 12.3. The van der Waals surface area contributed by atoms with Gasteiger partial charge in [-0.2, -0.15) is 0 Å². The molecular weight excluding hydrogens is 468 g/mol. The SMILES string of the molecule is COc1ccc(-c2nnc(SCC(=O)NC(C)(C)C)nc2-c2ccc(OC)c(OC)c2)cc1OC. The molecule has 2 aromatic carbocycles. The van der Waals surface area contributed by atoms with Crippen LogP contribution in [0, 0.1) is 0 Å². The first-order valence-corrected chi connectivity index (χ1v) is 11.8. The molecule has 1 aromatic heterocycles. The first kappa shape index (κ1) is 26.1. The van der Waals surface area contributed by atoms with E-state index in [2.05, 4.69) is 15.5 Å². The van der Waals surface area contributed by atoms with Crippen molar-refractivity contribution in [3.8, 4) is 45.5 Å². The lowest BCUT2D eigenvalue weighted by atomic mass is 10.0. The molecule has 0 aliphatic carbocycles.